The smallest absolute Gasteiger partial charge is 0.326 e. The summed E-state index contributed by atoms with van der Waals surface area (Å²) in [6, 6.07) is -0.194. The zero-order chi connectivity index (χ0) is 13.9. The second-order valence-electron chi connectivity index (χ2n) is 4.00. The Balaban J connectivity index is 2.94. The van der Waals surface area contributed by atoms with E-state index in [0.29, 0.717) is 0 Å². The van der Waals surface area contributed by atoms with Crippen molar-refractivity contribution in [3.05, 3.63) is 29.6 Å². The number of aromatic nitrogens is 1. The minimum absolute atomic E-state index is 0.388. The number of hydrogen-bond acceptors (Lipinski definition) is 3. The van der Waals surface area contributed by atoms with Gasteiger partial charge in [-0.3, -0.25) is 4.79 Å². The lowest BCUT2D eigenvalue weighted by Crippen LogP contribution is -2.44. The van der Waals surface area contributed by atoms with Crippen molar-refractivity contribution in [2.75, 3.05) is 0 Å². The molecule has 0 fully saturated rings. The highest BCUT2D eigenvalue weighted by Crippen LogP contribution is 2.10. The topological polar surface area (TPSA) is 79.3 Å². The summed E-state index contributed by atoms with van der Waals surface area (Å²) in [5.41, 5.74) is -0.575. The fraction of sp³-hybridized carbons (Fsp3) is 0.364. The van der Waals surface area contributed by atoms with Gasteiger partial charge in [-0.05, 0) is 12.0 Å². The number of nitrogens with one attached hydrogen (secondary N) is 1. The first-order valence-corrected chi connectivity index (χ1v) is 5.18. The average molecular weight is 258 g/mol. The summed E-state index contributed by atoms with van der Waals surface area (Å²) < 4.78 is 26.1. The van der Waals surface area contributed by atoms with E-state index in [2.05, 4.69) is 10.3 Å². The molecule has 2 N–H and O–H groups in total. The van der Waals surface area contributed by atoms with Crippen molar-refractivity contribution in [1.82, 2.24) is 10.3 Å². The molecule has 18 heavy (non-hydrogen) atoms. The third-order valence-corrected chi connectivity index (χ3v) is 2.31. The van der Waals surface area contributed by atoms with Gasteiger partial charge in [-0.2, -0.15) is 4.39 Å². The molecule has 1 atom stereocenters. The third-order valence-electron chi connectivity index (χ3n) is 2.31. The van der Waals surface area contributed by atoms with E-state index < -0.39 is 35.2 Å². The molecule has 0 aliphatic heterocycles. The molecule has 1 aromatic rings. The number of rotatable bonds is 4. The van der Waals surface area contributed by atoms with Crippen molar-refractivity contribution in [2.24, 2.45) is 5.92 Å². The highest BCUT2D eigenvalue weighted by atomic mass is 19.2. The van der Waals surface area contributed by atoms with Crippen molar-refractivity contribution >= 4 is 11.9 Å². The zero-order valence-corrected chi connectivity index (χ0v) is 9.78. The molecule has 0 aliphatic rings. The lowest BCUT2D eigenvalue weighted by Gasteiger charge is -2.17. The molecular formula is C11H12F2N2O3. The molecule has 1 aromatic heterocycles. The Bertz CT molecular complexity index is 477. The number of carbonyl (C=O) groups is 2. The van der Waals surface area contributed by atoms with Crippen LogP contribution in [0.4, 0.5) is 8.78 Å². The Labute approximate surface area is 102 Å². The maximum absolute atomic E-state index is 13.3. The van der Waals surface area contributed by atoms with Crippen molar-refractivity contribution in [3.8, 4) is 0 Å². The van der Waals surface area contributed by atoms with Gasteiger partial charge >= 0.3 is 5.97 Å². The van der Waals surface area contributed by atoms with E-state index in [0.717, 1.165) is 12.3 Å². The third kappa shape index (κ3) is 2.99. The largest absolute Gasteiger partial charge is 0.480 e. The van der Waals surface area contributed by atoms with Gasteiger partial charge in [-0.25, -0.2) is 14.2 Å². The maximum atomic E-state index is 13.3. The van der Waals surface area contributed by atoms with Gasteiger partial charge in [0.15, 0.2) is 5.82 Å². The highest BCUT2D eigenvalue weighted by Gasteiger charge is 2.25. The van der Waals surface area contributed by atoms with E-state index in [1.54, 1.807) is 13.8 Å². The predicted octanol–water partition coefficient (Wildman–Crippen LogP) is 1.20. The molecular weight excluding hydrogens is 246 g/mol. The lowest BCUT2D eigenvalue weighted by molar-refractivity contribution is -0.140. The normalized spacial score (nSPS) is 12.3. The summed E-state index contributed by atoms with van der Waals surface area (Å²) in [6.45, 7) is 3.17. The Morgan fingerprint density at radius 2 is 2.00 bits per heavy atom. The number of carbonyl (C=O) groups excluding carboxylic acids is 1. The average Bonchev–Trinajstić information content (AvgIpc) is 2.28. The number of nitrogens with zero attached hydrogens (tertiary/aromatic N) is 1. The summed E-state index contributed by atoms with van der Waals surface area (Å²) in [5, 5.41) is 11.0. The molecule has 1 heterocycles. The monoisotopic (exact) mass is 258 g/mol. The fourth-order valence-corrected chi connectivity index (χ4v) is 1.33. The molecule has 98 valence electrons. The van der Waals surface area contributed by atoms with Gasteiger partial charge < -0.3 is 10.4 Å². The van der Waals surface area contributed by atoms with Gasteiger partial charge in [0, 0.05) is 6.20 Å². The molecule has 0 saturated heterocycles. The summed E-state index contributed by atoms with van der Waals surface area (Å²) in [4.78, 5) is 25.5. The van der Waals surface area contributed by atoms with Crippen LogP contribution in [0.3, 0.4) is 0 Å². The fourth-order valence-electron chi connectivity index (χ4n) is 1.33. The van der Waals surface area contributed by atoms with E-state index >= 15 is 0 Å². The summed E-state index contributed by atoms with van der Waals surface area (Å²) >= 11 is 0. The van der Waals surface area contributed by atoms with E-state index in [4.69, 9.17) is 5.11 Å². The second kappa shape index (κ2) is 5.52. The van der Waals surface area contributed by atoms with Crippen LogP contribution in [-0.4, -0.2) is 28.0 Å². The van der Waals surface area contributed by atoms with Crippen LogP contribution >= 0.6 is 0 Å². The van der Waals surface area contributed by atoms with E-state index in [-0.39, 0.29) is 5.92 Å². The Morgan fingerprint density at radius 3 is 2.50 bits per heavy atom. The molecule has 0 spiro atoms. The molecule has 1 rings (SSSR count). The molecule has 0 unspecified atom stereocenters. The summed E-state index contributed by atoms with van der Waals surface area (Å²) in [6.07, 6.45) is 0.929. The number of carboxylic acid groups (broad SMARTS) is 1. The minimum atomic E-state index is -1.40. The maximum Gasteiger partial charge on any atom is 0.326 e. The SMILES string of the molecule is CC(C)[C@@H](NC(=O)c1ccnc(F)c1F)C(=O)O. The molecule has 0 bridgehead atoms. The van der Waals surface area contributed by atoms with Crippen molar-refractivity contribution in [1.29, 1.82) is 0 Å². The Hall–Kier alpha value is -2.05. The van der Waals surface area contributed by atoms with Crippen LogP contribution in [-0.2, 0) is 4.79 Å². The molecule has 5 nitrogen and oxygen atoms in total. The molecule has 0 saturated carbocycles. The quantitative estimate of drug-likeness (QED) is 0.795. The second-order valence-corrected chi connectivity index (χ2v) is 4.00. The first kappa shape index (κ1) is 14.0. The van der Waals surface area contributed by atoms with Crippen molar-refractivity contribution in [3.63, 3.8) is 0 Å². The van der Waals surface area contributed by atoms with E-state index in [9.17, 15) is 18.4 Å². The van der Waals surface area contributed by atoms with Gasteiger partial charge in [0.25, 0.3) is 5.91 Å². The Morgan fingerprint density at radius 1 is 1.39 bits per heavy atom. The molecule has 1 amide bonds. The van der Waals surface area contributed by atoms with Crippen molar-refractivity contribution in [2.45, 2.75) is 19.9 Å². The number of pyridine rings is 1. The first-order valence-electron chi connectivity index (χ1n) is 5.18. The number of amides is 1. The van der Waals surface area contributed by atoms with Gasteiger partial charge in [0.1, 0.15) is 6.04 Å². The first-order chi connectivity index (χ1) is 8.34. The molecule has 7 heteroatoms. The summed E-state index contributed by atoms with van der Waals surface area (Å²) in [5.74, 6) is -5.42. The molecule has 0 aliphatic carbocycles. The number of aliphatic carboxylic acids is 1. The number of carboxylic acids is 1. The zero-order valence-electron chi connectivity index (χ0n) is 9.78. The van der Waals surface area contributed by atoms with Crippen LogP contribution in [0.25, 0.3) is 0 Å². The van der Waals surface area contributed by atoms with Gasteiger partial charge in [-0.1, -0.05) is 13.8 Å². The van der Waals surface area contributed by atoms with Gasteiger partial charge in [0.05, 0.1) is 5.56 Å². The standard InChI is InChI=1S/C11H12F2N2O3/c1-5(2)8(11(17)18)15-10(16)6-3-4-14-9(13)7(6)12/h3-5,8H,1-2H3,(H,15,16)(H,17,18)/t8-/m1/s1. The van der Waals surface area contributed by atoms with Crippen LogP contribution in [0.2, 0.25) is 0 Å². The predicted molar refractivity (Wildman–Crippen MR) is 57.9 cm³/mol. The van der Waals surface area contributed by atoms with Crippen LogP contribution in [0.15, 0.2) is 12.3 Å². The number of halogens is 2. The van der Waals surface area contributed by atoms with Gasteiger partial charge in [0.2, 0.25) is 5.95 Å². The number of hydrogen-bond donors (Lipinski definition) is 2. The van der Waals surface area contributed by atoms with Crippen LogP contribution < -0.4 is 5.32 Å². The van der Waals surface area contributed by atoms with Crippen LogP contribution in [0, 0.1) is 17.7 Å². The van der Waals surface area contributed by atoms with Crippen molar-refractivity contribution < 1.29 is 23.5 Å². The Kier molecular flexibility index (Phi) is 4.30. The van der Waals surface area contributed by atoms with E-state index in [1.807, 2.05) is 0 Å². The molecule has 0 aromatic carbocycles. The highest BCUT2D eigenvalue weighted by molar-refractivity contribution is 5.96. The molecule has 0 radical (unpaired) electrons. The van der Waals surface area contributed by atoms with E-state index in [1.165, 1.54) is 0 Å². The minimum Gasteiger partial charge on any atom is -0.480 e. The van der Waals surface area contributed by atoms with Crippen LogP contribution in [0.1, 0.15) is 24.2 Å². The lowest BCUT2D eigenvalue weighted by atomic mass is 10.0. The van der Waals surface area contributed by atoms with Crippen LogP contribution in [0.5, 0.6) is 0 Å². The summed E-state index contributed by atoms with van der Waals surface area (Å²) in [7, 11) is 0. The van der Waals surface area contributed by atoms with Gasteiger partial charge in [-0.15, -0.1) is 0 Å².